The number of esters is 2. The summed E-state index contributed by atoms with van der Waals surface area (Å²) < 4.78 is 10.6. The van der Waals surface area contributed by atoms with E-state index >= 15 is 0 Å². The monoisotopic (exact) mass is 763 g/mol. The van der Waals surface area contributed by atoms with Crippen molar-refractivity contribution in [3.63, 3.8) is 0 Å². The second kappa shape index (κ2) is 44.7. The minimum absolute atomic E-state index is 0.0258. The van der Waals surface area contributed by atoms with Gasteiger partial charge in [0, 0.05) is 12.8 Å². The summed E-state index contributed by atoms with van der Waals surface area (Å²) in [6.45, 7) is 9.07. The van der Waals surface area contributed by atoms with Crippen LogP contribution in [0.4, 0.5) is 0 Å². The van der Waals surface area contributed by atoms with Crippen molar-refractivity contribution in [3.05, 3.63) is 0 Å². The van der Waals surface area contributed by atoms with Gasteiger partial charge in [-0.25, -0.2) is 0 Å². The second-order valence-electron chi connectivity index (χ2n) is 17.5. The van der Waals surface area contributed by atoms with Crippen molar-refractivity contribution in [2.75, 3.05) is 6.61 Å². The zero-order chi connectivity index (χ0) is 39.4. The third-order valence-electron chi connectivity index (χ3n) is 11.5. The van der Waals surface area contributed by atoms with Crippen molar-refractivity contribution in [2.24, 2.45) is 5.92 Å². The van der Waals surface area contributed by atoms with Crippen LogP contribution in [0, 0.1) is 5.92 Å². The fourth-order valence-corrected chi connectivity index (χ4v) is 7.95. The van der Waals surface area contributed by atoms with Crippen molar-refractivity contribution < 1.29 is 19.1 Å². The van der Waals surface area contributed by atoms with Crippen molar-refractivity contribution in [1.82, 2.24) is 0 Å². The lowest BCUT2D eigenvalue weighted by Crippen LogP contribution is -2.16. The number of rotatable bonds is 39. The van der Waals surface area contributed by atoms with E-state index in [4.69, 9.17) is 9.47 Å². The zero-order valence-electron chi connectivity index (χ0n) is 37.5. The van der Waals surface area contributed by atoms with Crippen LogP contribution >= 0.6 is 0 Å². The molecule has 0 saturated heterocycles. The molecule has 0 aromatic heterocycles. The molecule has 4 heteroatoms. The second-order valence-corrected chi connectivity index (χ2v) is 17.5. The first-order valence-corrected chi connectivity index (χ1v) is 24.8. The van der Waals surface area contributed by atoms with E-state index in [1.54, 1.807) is 0 Å². The summed E-state index contributed by atoms with van der Waals surface area (Å²) in [5.41, 5.74) is 0. The molecule has 0 aliphatic heterocycles. The molecule has 0 N–H and O–H groups in total. The van der Waals surface area contributed by atoms with Gasteiger partial charge in [0.1, 0.15) is 0 Å². The van der Waals surface area contributed by atoms with E-state index in [1.165, 1.54) is 238 Å². The molecule has 1 saturated carbocycles. The molecule has 0 unspecified atom stereocenters. The summed E-state index contributed by atoms with van der Waals surface area (Å²) in [5, 5.41) is 0. The van der Waals surface area contributed by atoms with Crippen molar-refractivity contribution in [2.45, 2.75) is 297 Å². The molecule has 54 heavy (non-hydrogen) atoms. The molecule has 0 amide bonds. The minimum atomic E-state index is -0.0306. The van der Waals surface area contributed by atoms with Crippen LogP contribution in [0.15, 0.2) is 0 Å². The van der Waals surface area contributed by atoms with Crippen LogP contribution in [-0.4, -0.2) is 24.6 Å². The van der Waals surface area contributed by atoms with Crippen molar-refractivity contribution >= 4 is 11.9 Å². The van der Waals surface area contributed by atoms with Gasteiger partial charge < -0.3 is 9.47 Å². The molecule has 1 aliphatic rings. The molecule has 0 heterocycles. The van der Waals surface area contributed by atoms with Gasteiger partial charge in [-0.15, -0.1) is 0 Å². The SMILES string of the molecule is CCCCCCCCCCCCCCCCCC(=O)OCC1CCCCC1.CCCCCCCCCCCCCCCCCCCCCC(=O)OC(C)C. The maximum Gasteiger partial charge on any atom is 0.306 e. The smallest absolute Gasteiger partial charge is 0.306 e. The Balaban J connectivity index is 0.00000104. The topological polar surface area (TPSA) is 52.6 Å². The molecule has 1 rings (SSSR count). The van der Waals surface area contributed by atoms with Crippen molar-refractivity contribution in [1.29, 1.82) is 0 Å². The van der Waals surface area contributed by atoms with Crippen LogP contribution in [0.1, 0.15) is 291 Å². The van der Waals surface area contributed by atoms with E-state index in [0.29, 0.717) is 25.4 Å². The summed E-state index contributed by atoms with van der Waals surface area (Å²) in [6.07, 6.45) is 54.5. The molecule has 0 spiro atoms. The normalized spacial score (nSPS) is 13.2. The third-order valence-corrected chi connectivity index (χ3v) is 11.5. The number of carbonyl (C=O) groups excluding carboxylic acids is 2. The highest BCUT2D eigenvalue weighted by Gasteiger charge is 2.15. The molecule has 1 aliphatic carbocycles. The highest BCUT2D eigenvalue weighted by Crippen LogP contribution is 2.24. The van der Waals surface area contributed by atoms with Crippen LogP contribution in [0.25, 0.3) is 0 Å². The van der Waals surface area contributed by atoms with Crippen LogP contribution in [0.5, 0.6) is 0 Å². The van der Waals surface area contributed by atoms with Gasteiger partial charge in [0.25, 0.3) is 0 Å². The summed E-state index contributed by atoms with van der Waals surface area (Å²) in [4.78, 5) is 23.2. The molecular formula is C50H98O4. The molecule has 0 bridgehead atoms. The zero-order valence-corrected chi connectivity index (χ0v) is 37.5. The molecule has 322 valence electrons. The van der Waals surface area contributed by atoms with Gasteiger partial charge in [0.2, 0.25) is 0 Å². The van der Waals surface area contributed by atoms with Crippen LogP contribution in [0.3, 0.4) is 0 Å². The highest BCUT2D eigenvalue weighted by atomic mass is 16.5. The third kappa shape index (κ3) is 43.7. The Bertz CT molecular complexity index is 743. The lowest BCUT2D eigenvalue weighted by Gasteiger charge is -2.20. The summed E-state index contributed by atoms with van der Waals surface area (Å²) >= 11 is 0. The van der Waals surface area contributed by atoms with Crippen LogP contribution < -0.4 is 0 Å². The lowest BCUT2D eigenvalue weighted by atomic mass is 9.90. The predicted molar refractivity (Wildman–Crippen MR) is 236 cm³/mol. The van der Waals surface area contributed by atoms with Gasteiger partial charge in [0.15, 0.2) is 0 Å². The Labute approximate surface area is 339 Å². The maximum atomic E-state index is 11.8. The fraction of sp³-hybridized carbons (Fsp3) is 0.960. The average Bonchev–Trinajstić information content (AvgIpc) is 3.17. The Hall–Kier alpha value is -1.06. The first-order valence-electron chi connectivity index (χ1n) is 24.8. The molecule has 0 aromatic rings. The highest BCUT2D eigenvalue weighted by molar-refractivity contribution is 5.69. The van der Waals surface area contributed by atoms with E-state index < -0.39 is 0 Å². The van der Waals surface area contributed by atoms with E-state index in [-0.39, 0.29) is 18.0 Å². The van der Waals surface area contributed by atoms with Gasteiger partial charge in [-0.05, 0) is 45.4 Å². The molecule has 4 nitrogen and oxygen atoms in total. The maximum absolute atomic E-state index is 11.8. The van der Waals surface area contributed by atoms with E-state index in [0.717, 1.165) is 12.8 Å². The van der Waals surface area contributed by atoms with Crippen LogP contribution in [-0.2, 0) is 19.1 Å². The number of ether oxygens (including phenoxy) is 2. The van der Waals surface area contributed by atoms with E-state index in [2.05, 4.69) is 13.8 Å². The molecule has 1 fully saturated rings. The minimum Gasteiger partial charge on any atom is -0.465 e. The van der Waals surface area contributed by atoms with Crippen molar-refractivity contribution in [3.8, 4) is 0 Å². The van der Waals surface area contributed by atoms with Gasteiger partial charge in [-0.1, -0.05) is 239 Å². The first-order chi connectivity index (χ1) is 26.5. The summed E-state index contributed by atoms with van der Waals surface area (Å²) in [6, 6.07) is 0. The molecule has 0 radical (unpaired) electrons. The Morgan fingerprint density at radius 1 is 0.407 bits per heavy atom. The standard InChI is InChI=1S/C25H48O2.C25H50O2/c1-2-3-4-5-6-7-8-9-10-11-12-13-14-15-19-22-25(26)27-23-24-20-17-16-18-21-24;1-4-5-6-7-8-9-10-11-12-13-14-15-16-17-18-19-20-21-22-23-25(26)27-24(2)3/h24H,2-23H2,1H3;24H,4-23H2,1-3H3. The van der Waals surface area contributed by atoms with Gasteiger partial charge >= 0.3 is 11.9 Å². The Morgan fingerprint density at radius 3 is 0.981 bits per heavy atom. The van der Waals surface area contributed by atoms with E-state index in [9.17, 15) is 9.59 Å². The Morgan fingerprint density at radius 2 is 0.685 bits per heavy atom. The lowest BCUT2D eigenvalue weighted by molar-refractivity contribution is -0.147. The largest absolute Gasteiger partial charge is 0.465 e. The fourth-order valence-electron chi connectivity index (χ4n) is 7.95. The summed E-state index contributed by atoms with van der Waals surface area (Å²) in [7, 11) is 0. The summed E-state index contributed by atoms with van der Waals surface area (Å²) in [5.74, 6) is 0.649. The predicted octanol–water partition coefficient (Wildman–Crippen LogP) is 17.1. The number of hydrogen-bond acceptors (Lipinski definition) is 4. The molecular weight excluding hydrogens is 665 g/mol. The Kier molecular flexibility index (Phi) is 43.8. The molecule has 0 atom stereocenters. The quantitative estimate of drug-likeness (QED) is 0.0462. The number of hydrogen-bond donors (Lipinski definition) is 0. The van der Waals surface area contributed by atoms with Gasteiger partial charge in [-0.3, -0.25) is 9.59 Å². The number of carbonyl (C=O) groups is 2. The average molecular weight is 763 g/mol. The van der Waals surface area contributed by atoms with Gasteiger partial charge in [0.05, 0.1) is 12.7 Å². The van der Waals surface area contributed by atoms with E-state index in [1.807, 2.05) is 13.8 Å². The number of unbranched alkanes of at least 4 members (excludes halogenated alkanes) is 32. The first kappa shape index (κ1) is 52.9. The van der Waals surface area contributed by atoms with Gasteiger partial charge in [-0.2, -0.15) is 0 Å². The molecule has 0 aromatic carbocycles. The van der Waals surface area contributed by atoms with Crippen LogP contribution in [0.2, 0.25) is 0 Å².